The highest BCUT2D eigenvalue weighted by Gasteiger charge is 2.24. The molecule has 2 N–H and O–H groups in total. The molecule has 0 fully saturated rings. The molecule has 0 saturated heterocycles. The normalized spacial score (nSPS) is 12.3. The molecule has 64 valence electrons. The first-order chi connectivity index (χ1) is 5.00. The minimum Gasteiger partial charge on any atom is -0.480 e. The van der Waals surface area contributed by atoms with Crippen LogP contribution in [-0.4, -0.2) is 23.2 Å². The third kappa shape index (κ3) is 4.01. The van der Waals surface area contributed by atoms with Crippen molar-refractivity contribution in [2.75, 3.05) is 6.54 Å². The molecule has 0 aromatic heterocycles. The number of hydrogen-bond acceptors (Lipinski definition) is 2. The molecule has 0 spiro atoms. The van der Waals surface area contributed by atoms with Crippen LogP contribution in [0.3, 0.4) is 0 Å². The fraction of sp³-hybridized carbons (Fsp3) is 0.571. The fourth-order valence-corrected chi connectivity index (χ4v) is 0.523. The summed E-state index contributed by atoms with van der Waals surface area (Å²) in [7, 11) is 0. The van der Waals surface area contributed by atoms with Crippen molar-refractivity contribution in [2.24, 2.45) is 0 Å². The lowest BCUT2D eigenvalue weighted by Gasteiger charge is -2.19. The average molecular weight is 178 g/mol. The first-order valence-electron chi connectivity index (χ1n) is 3.24. The molecule has 0 aliphatic rings. The monoisotopic (exact) mass is 177 g/mol. The van der Waals surface area contributed by atoms with Gasteiger partial charge in [-0.2, -0.15) is 0 Å². The van der Waals surface area contributed by atoms with Gasteiger partial charge < -0.3 is 5.11 Å². The predicted octanol–water partition coefficient (Wildman–Crippen LogP) is 1.19. The van der Waals surface area contributed by atoms with Crippen molar-refractivity contribution < 1.29 is 9.90 Å². The average Bonchev–Trinajstić information content (AvgIpc) is 1.88. The lowest BCUT2D eigenvalue weighted by atomic mass is 10.1. The number of carboxylic acids is 1. The van der Waals surface area contributed by atoms with Crippen molar-refractivity contribution in [2.45, 2.75) is 19.4 Å². The van der Waals surface area contributed by atoms with Crippen LogP contribution in [0.5, 0.6) is 0 Å². The number of aliphatic carboxylic acids is 1. The number of carbonyl (C=O) groups is 1. The van der Waals surface area contributed by atoms with Crippen LogP contribution in [0.2, 0.25) is 0 Å². The van der Waals surface area contributed by atoms with Crippen molar-refractivity contribution in [1.82, 2.24) is 5.32 Å². The van der Waals surface area contributed by atoms with Gasteiger partial charge in [0.25, 0.3) is 0 Å². The second kappa shape index (κ2) is 4.36. The van der Waals surface area contributed by atoms with Crippen LogP contribution in [0, 0.1) is 0 Å². The molecule has 0 heterocycles. The molecule has 0 bridgehead atoms. The zero-order valence-corrected chi connectivity index (χ0v) is 7.35. The molecular formula is C7H12ClNO2. The summed E-state index contributed by atoms with van der Waals surface area (Å²) < 4.78 is 0. The van der Waals surface area contributed by atoms with E-state index in [1.807, 2.05) is 0 Å². The van der Waals surface area contributed by atoms with E-state index in [9.17, 15) is 4.79 Å². The van der Waals surface area contributed by atoms with E-state index in [1.165, 1.54) is 5.54 Å². The van der Waals surface area contributed by atoms with Gasteiger partial charge in [-0.05, 0) is 13.8 Å². The van der Waals surface area contributed by atoms with Gasteiger partial charge in [0.15, 0.2) is 0 Å². The molecule has 0 saturated carbocycles. The molecule has 3 nitrogen and oxygen atoms in total. The van der Waals surface area contributed by atoms with Crippen molar-refractivity contribution in [1.29, 1.82) is 0 Å². The summed E-state index contributed by atoms with van der Waals surface area (Å²) in [6, 6.07) is 0. The van der Waals surface area contributed by atoms with E-state index >= 15 is 0 Å². The summed E-state index contributed by atoms with van der Waals surface area (Å²) in [6.45, 7) is 3.65. The molecule has 0 amide bonds. The summed E-state index contributed by atoms with van der Waals surface area (Å²) in [5.41, 5.74) is 0.460. The topological polar surface area (TPSA) is 49.3 Å². The molecule has 0 aromatic rings. The van der Waals surface area contributed by atoms with Crippen LogP contribution in [0.25, 0.3) is 0 Å². The molecule has 0 aromatic carbocycles. The quantitative estimate of drug-likeness (QED) is 0.679. The van der Waals surface area contributed by atoms with Gasteiger partial charge in [-0.25, -0.2) is 0 Å². The number of rotatable bonds is 4. The predicted molar refractivity (Wildman–Crippen MR) is 44.7 cm³/mol. The minimum absolute atomic E-state index is 0.461. The Balaban J connectivity index is 3.82. The number of halogens is 1. The first-order valence-corrected chi connectivity index (χ1v) is 3.68. The lowest BCUT2D eigenvalue weighted by molar-refractivity contribution is -0.143. The van der Waals surface area contributed by atoms with Crippen LogP contribution in [0.4, 0.5) is 0 Å². The summed E-state index contributed by atoms with van der Waals surface area (Å²) in [5.74, 6) is -0.875. The summed E-state index contributed by atoms with van der Waals surface area (Å²) in [4.78, 5) is 10.5. The maximum Gasteiger partial charge on any atom is 0.323 e. The summed E-state index contributed by atoms with van der Waals surface area (Å²) in [6.07, 6.45) is 1.65. The van der Waals surface area contributed by atoms with E-state index in [4.69, 9.17) is 16.7 Å². The largest absolute Gasteiger partial charge is 0.480 e. The highest BCUT2D eigenvalue weighted by molar-refractivity contribution is 6.25. The Morgan fingerprint density at radius 3 is 2.64 bits per heavy atom. The van der Waals surface area contributed by atoms with E-state index in [0.717, 1.165) is 0 Å². The van der Waals surface area contributed by atoms with Crippen LogP contribution in [0.15, 0.2) is 11.6 Å². The van der Waals surface area contributed by atoms with Crippen LogP contribution in [-0.2, 0) is 4.79 Å². The fourth-order valence-electron chi connectivity index (χ4n) is 0.434. The second-order valence-corrected chi connectivity index (χ2v) is 2.92. The standard InChI is InChI=1S/C7H12ClNO2/c1-7(2,6(10)11)9-5-3-4-8/h3-4,9H,5H2,1-2H3,(H,10,11)/b4-3+. The van der Waals surface area contributed by atoms with Crippen LogP contribution < -0.4 is 5.32 Å². The van der Waals surface area contributed by atoms with Gasteiger partial charge >= 0.3 is 5.97 Å². The molecule has 11 heavy (non-hydrogen) atoms. The highest BCUT2D eigenvalue weighted by Crippen LogP contribution is 2.00. The number of carboxylic acid groups (broad SMARTS) is 1. The smallest absolute Gasteiger partial charge is 0.323 e. The SMILES string of the molecule is CC(C)(NC/C=C/Cl)C(=O)O. The highest BCUT2D eigenvalue weighted by atomic mass is 35.5. The van der Waals surface area contributed by atoms with Crippen LogP contribution in [0.1, 0.15) is 13.8 Å². The van der Waals surface area contributed by atoms with E-state index in [1.54, 1.807) is 19.9 Å². The van der Waals surface area contributed by atoms with E-state index in [0.29, 0.717) is 6.54 Å². The van der Waals surface area contributed by atoms with Gasteiger partial charge in [0.1, 0.15) is 5.54 Å². The van der Waals surface area contributed by atoms with Gasteiger partial charge in [-0.1, -0.05) is 17.7 Å². The Morgan fingerprint density at radius 2 is 2.27 bits per heavy atom. The maximum atomic E-state index is 10.5. The number of nitrogens with one attached hydrogen (secondary N) is 1. The van der Waals surface area contributed by atoms with Crippen molar-refractivity contribution >= 4 is 17.6 Å². The lowest BCUT2D eigenvalue weighted by Crippen LogP contribution is -2.46. The molecule has 0 rings (SSSR count). The summed E-state index contributed by atoms with van der Waals surface area (Å²) >= 11 is 5.24. The van der Waals surface area contributed by atoms with E-state index in [-0.39, 0.29) is 0 Å². The Morgan fingerprint density at radius 1 is 1.73 bits per heavy atom. The summed E-state index contributed by atoms with van der Waals surface area (Å²) in [5, 5.41) is 11.4. The van der Waals surface area contributed by atoms with Gasteiger partial charge in [-0.3, -0.25) is 10.1 Å². The Kier molecular flexibility index (Phi) is 4.15. The zero-order valence-electron chi connectivity index (χ0n) is 6.60. The zero-order chi connectivity index (χ0) is 8.91. The van der Waals surface area contributed by atoms with Gasteiger partial charge in [0.2, 0.25) is 0 Å². The second-order valence-electron chi connectivity index (χ2n) is 2.67. The third-order valence-corrected chi connectivity index (χ3v) is 1.46. The first kappa shape index (κ1) is 10.5. The maximum absolute atomic E-state index is 10.5. The third-order valence-electron chi connectivity index (χ3n) is 1.29. The van der Waals surface area contributed by atoms with Gasteiger partial charge in [0.05, 0.1) is 0 Å². The van der Waals surface area contributed by atoms with Crippen molar-refractivity contribution in [3.63, 3.8) is 0 Å². The molecule has 0 radical (unpaired) electrons. The molecule has 0 unspecified atom stereocenters. The molecule has 4 heteroatoms. The number of hydrogen-bond donors (Lipinski definition) is 2. The Bertz CT molecular complexity index is 166. The molecule has 0 atom stereocenters. The van der Waals surface area contributed by atoms with Crippen molar-refractivity contribution in [3.05, 3.63) is 11.6 Å². The Labute approximate surface area is 71.0 Å². The Hall–Kier alpha value is -0.540. The van der Waals surface area contributed by atoms with E-state index in [2.05, 4.69) is 5.32 Å². The minimum atomic E-state index is -0.892. The molecule has 0 aliphatic carbocycles. The van der Waals surface area contributed by atoms with Crippen molar-refractivity contribution in [3.8, 4) is 0 Å². The van der Waals surface area contributed by atoms with E-state index < -0.39 is 11.5 Å². The van der Waals surface area contributed by atoms with Crippen LogP contribution >= 0.6 is 11.6 Å². The molecule has 0 aliphatic heterocycles. The van der Waals surface area contributed by atoms with Gasteiger partial charge in [0, 0.05) is 12.1 Å². The van der Waals surface area contributed by atoms with Gasteiger partial charge in [-0.15, -0.1) is 0 Å². The molecular weight excluding hydrogens is 166 g/mol.